The van der Waals surface area contributed by atoms with Gasteiger partial charge in [-0.1, -0.05) is 30.3 Å². The molecule has 3 aromatic rings. The summed E-state index contributed by atoms with van der Waals surface area (Å²) in [4.78, 5) is 28.9. The van der Waals surface area contributed by atoms with E-state index >= 15 is 0 Å². The van der Waals surface area contributed by atoms with Crippen LogP contribution in [0, 0.1) is 0 Å². The van der Waals surface area contributed by atoms with Gasteiger partial charge in [0, 0.05) is 6.54 Å². The summed E-state index contributed by atoms with van der Waals surface area (Å²) in [5.74, 6) is 0.560. The Kier molecular flexibility index (Phi) is 5.42. The van der Waals surface area contributed by atoms with Crippen molar-refractivity contribution in [1.82, 2.24) is 4.90 Å². The van der Waals surface area contributed by atoms with E-state index in [-0.39, 0.29) is 24.4 Å². The number of amides is 2. The normalized spacial score (nSPS) is 14.4. The second-order valence-electron chi connectivity index (χ2n) is 7.63. The molecule has 1 aliphatic heterocycles. The second-order valence-corrected chi connectivity index (χ2v) is 7.63. The molecule has 0 fully saturated rings. The zero-order valence-electron chi connectivity index (χ0n) is 17.4. The molecule has 1 N–H and O–H groups in total. The van der Waals surface area contributed by atoms with Gasteiger partial charge in [-0.25, -0.2) is 0 Å². The molecular weight excluding hydrogens is 378 g/mol. The maximum atomic E-state index is 13.2. The molecule has 1 heterocycles. The average molecular weight is 403 g/mol. The molecule has 4 rings (SSSR count). The van der Waals surface area contributed by atoms with Crippen LogP contribution in [0.2, 0.25) is 0 Å². The molecule has 0 bridgehead atoms. The van der Waals surface area contributed by atoms with Crippen LogP contribution in [0.15, 0.2) is 60.7 Å². The number of hydrogen-bond acceptors (Lipinski definition) is 4. The van der Waals surface area contributed by atoms with Gasteiger partial charge in [0.1, 0.15) is 12.3 Å². The molecule has 0 aliphatic carbocycles. The summed E-state index contributed by atoms with van der Waals surface area (Å²) in [6.45, 7) is 2.53. The van der Waals surface area contributed by atoms with Crippen LogP contribution in [0.3, 0.4) is 0 Å². The topological polar surface area (TPSA) is 61.9 Å². The van der Waals surface area contributed by atoms with E-state index in [2.05, 4.69) is 23.5 Å². The van der Waals surface area contributed by atoms with Crippen molar-refractivity contribution < 1.29 is 14.3 Å². The van der Waals surface area contributed by atoms with Gasteiger partial charge in [-0.3, -0.25) is 19.4 Å². The van der Waals surface area contributed by atoms with E-state index in [1.807, 2.05) is 61.3 Å². The molecule has 1 atom stereocenters. The summed E-state index contributed by atoms with van der Waals surface area (Å²) in [6.07, 6.45) is 0. The molecule has 30 heavy (non-hydrogen) atoms. The highest BCUT2D eigenvalue weighted by Gasteiger charge is 2.31. The minimum absolute atomic E-state index is 0.0336. The molecule has 0 radical (unpaired) electrons. The number of carbonyl (C=O) groups excluding carboxylic acids is 2. The van der Waals surface area contributed by atoms with Gasteiger partial charge in [-0.2, -0.15) is 0 Å². The van der Waals surface area contributed by atoms with Gasteiger partial charge in [0.15, 0.2) is 0 Å². The summed E-state index contributed by atoms with van der Waals surface area (Å²) in [7, 11) is 3.59. The molecule has 154 valence electrons. The number of fused-ring (bicyclic) bond motifs is 2. The lowest BCUT2D eigenvalue weighted by molar-refractivity contribution is -0.125. The van der Waals surface area contributed by atoms with E-state index in [1.54, 1.807) is 12.0 Å². The van der Waals surface area contributed by atoms with Crippen molar-refractivity contribution in [2.45, 2.75) is 19.5 Å². The number of nitrogens with one attached hydrogen (secondary N) is 1. The highest BCUT2D eigenvalue weighted by atomic mass is 16.5. The minimum Gasteiger partial charge on any atom is -0.497 e. The fourth-order valence-electron chi connectivity index (χ4n) is 3.77. The van der Waals surface area contributed by atoms with Crippen LogP contribution in [0.1, 0.15) is 12.5 Å². The average Bonchev–Trinajstić information content (AvgIpc) is 2.77. The van der Waals surface area contributed by atoms with Crippen molar-refractivity contribution in [3.05, 3.63) is 66.2 Å². The number of rotatable bonds is 5. The number of ether oxygens (including phenoxy) is 1. The summed E-state index contributed by atoms with van der Waals surface area (Å²) in [6, 6.07) is 19.3. The minimum atomic E-state index is -0.379. The smallest absolute Gasteiger partial charge is 0.244 e. The third-order valence-corrected chi connectivity index (χ3v) is 5.60. The lowest BCUT2D eigenvalue weighted by atomic mass is 10.1. The van der Waals surface area contributed by atoms with Crippen molar-refractivity contribution in [2.24, 2.45) is 0 Å². The fourth-order valence-corrected chi connectivity index (χ4v) is 3.77. The highest BCUT2D eigenvalue weighted by Crippen LogP contribution is 2.30. The van der Waals surface area contributed by atoms with Crippen molar-refractivity contribution in [3.63, 3.8) is 0 Å². The van der Waals surface area contributed by atoms with Crippen molar-refractivity contribution in [3.8, 4) is 5.75 Å². The Bertz CT molecular complexity index is 1110. The van der Waals surface area contributed by atoms with Crippen LogP contribution in [0.4, 0.5) is 11.4 Å². The first kappa shape index (κ1) is 19.9. The second kappa shape index (κ2) is 8.16. The highest BCUT2D eigenvalue weighted by molar-refractivity contribution is 6.11. The van der Waals surface area contributed by atoms with E-state index < -0.39 is 0 Å². The summed E-state index contributed by atoms with van der Waals surface area (Å²) in [5.41, 5.74) is 2.52. The van der Waals surface area contributed by atoms with E-state index in [0.717, 1.165) is 27.8 Å². The Morgan fingerprint density at radius 1 is 1.13 bits per heavy atom. The predicted octanol–water partition coefficient (Wildman–Crippen LogP) is 3.65. The van der Waals surface area contributed by atoms with Crippen molar-refractivity contribution >= 4 is 34.0 Å². The monoisotopic (exact) mass is 403 g/mol. The SMILES string of the molecule is COc1ccc2cc(CN(C)[C@@H](C)C(=O)N3CC(=O)Nc4ccccc43)ccc2c1. The molecule has 2 amide bonds. The summed E-state index contributed by atoms with van der Waals surface area (Å²) >= 11 is 0. The number of methoxy groups -OCH3 is 1. The Morgan fingerprint density at radius 2 is 1.87 bits per heavy atom. The zero-order chi connectivity index (χ0) is 21.3. The maximum absolute atomic E-state index is 13.2. The Labute approximate surface area is 176 Å². The van der Waals surface area contributed by atoms with E-state index in [4.69, 9.17) is 4.74 Å². The molecule has 0 saturated carbocycles. The number of hydrogen-bond donors (Lipinski definition) is 1. The summed E-state index contributed by atoms with van der Waals surface area (Å²) in [5, 5.41) is 5.06. The lowest BCUT2D eigenvalue weighted by Gasteiger charge is -2.33. The third-order valence-electron chi connectivity index (χ3n) is 5.60. The van der Waals surface area contributed by atoms with Gasteiger partial charge >= 0.3 is 0 Å². The molecule has 0 unspecified atom stereocenters. The van der Waals surface area contributed by atoms with Gasteiger partial charge in [0.25, 0.3) is 0 Å². The van der Waals surface area contributed by atoms with Gasteiger partial charge in [-0.15, -0.1) is 0 Å². The van der Waals surface area contributed by atoms with Gasteiger partial charge in [0.05, 0.1) is 24.5 Å². The molecular formula is C24H25N3O3. The number of likely N-dealkylation sites (N-methyl/N-ethyl adjacent to an activating group) is 1. The largest absolute Gasteiger partial charge is 0.497 e. The number of benzene rings is 3. The molecule has 0 spiro atoms. The first-order valence-corrected chi connectivity index (χ1v) is 9.93. The number of anilines is 2. The van der Waals surface area contributed by atoms with E-state index in [1.165, 1.54) is 0 Å². The van der Waals surface area contributed by atoms with Crippen LogP contribution in [-0.2, 0) is 16.1 Å². The lowest BCUT2D eigenvalue weighted by Crippen LogP contribution is -2.50. The predicted molar refractivity (Wildman–Crippen MR) is 119 cm³/mol. The first-order chi connectivity index (χ1) is 14.5. The van der Waals surface area contributed by atoms with Gasteiger partial charge in [-0.05, 0) is 60.6 Å². The molecule has 6 nitrogen and oxygen atoms in total. The first-order valence-electron chi connectivity index (χ1n) is 9.93. The van der Waals surface area contributed by atoms with E-state index in [0.29, 0.717) is 12.2 Å². The summed E-state index contributed by atoms with van der Waals surface area (Å²) < 4.78 is 5.29. The van der Waals surface area contributed by atoms with Crippen LogP contribution in [0.5, 0.6) is 5.75 Å². The molecule has 3 aromatic carbocycles. The van der Waals surface area contributed by atoms with Crippen LogP contribution in [-0.4, -0.2) is 43.5 Å². The zero-order valence-corrected chi connectivity index (χ0v) is 17.4. The number of nitrogens with zero attached hydrogens (tertiary/aromatic N) is 2. The van der Waals surface area contributed by atoms with Crippen LogP contribution in [0.25, 0.3) is 10.8 Å². The fraction of sp³-hybridized carbons (Fsp3) is 0.250. The number of para-hydroxylation sites is 2. The van der Waals surface area contributed by atoms with Gasteiger partial charge < -0.3 is 10.1 Å². The molecule has 0 saturated heterocycles. The van der Waals surface area contributed by atoms with Crippen LogP contribution >= 0.6 is 0 Å². The Balaban J connectivity index is 1.51. The molecule has 1 aliphatic rings. The quantitative estimate of drug-likeness (QED) is 0.706. The maximum Gasteiger partial charge on any atom is 0.244 e. The van der Waals surface area contributed by atoms with E-state index in [9.17, 15) is 9.59 Å². The number of carbonyl (C=O) groups is 2. The van der Waals surface area contributed by atoms with Crippen molar-refractivity contribution in [1.29, 1.82) is 0 Å². The molecule has 6 heteroatoms. The Hall–Kier alpha value is -3.38. The third kappa shape index (κ3) is 3.86. The molecule has 0 aromatic heterocycles. The van der Waals surface area contributed by atoms with Crippen molar-refractivity contribution in [2.75, 3.05) is 30.9 Å². The van der Waals surface area contributed by atoms with Gasteiger partial charge in [0.2, 0.25) is 11.8 Å². The standard InChI is InChI=1S/C24H25N3O3/c1-16(24(29)27-15-23(28)25-21-6-4-5-7-22(21)27)26(2)14-17-8-9-19-13-20(30-3)11-10-18(19)12-17/h4-13,16H,14-15H2,1-3H3,(H,25,28)/t16-/m0/s1. The van der Waals surface area contributed by atoms with Crippen LogP contribution < -0.4 is 15.0 Å². The Morgan fingerprint density at radius 3 is 2.67 bits per heavy atom.